The zero-order valence-electron chi connectivity index (χ0n) is 44.2. The van der Waals surface area contributed by atoms with Gasteiger partial charge < -0.3 is 53.6 Å². The average Bonchev–Trinajstić information content (AvgIpc) is 3.54. The number of aryl methyl sites for hydroxylation is 1. The number of ether oxygens (including phenoxy) is 8. The van der Waals surface area contributed by atoms with E-state index in [1.54, 1.807) is 54.6 Å². The number of hydrogen-bond acceptors (Lipinski definition) is 12. The fraction of sp³-hybridized carbons (Fsp3) is 0.190. The molecule has 4 N–H and O–H groups in total. The number of phenols is 1. The van der Waals surface area contributed by atoms with Crippen molar-refractivity contribution >= 4 is 61.8 Å². The Labute approximate surface area is 450 Å². The molecule has 0 radical (unpaired) electrons. The molecule has 396 valence electrons. The third-order valence-corrected chi connectivity index (χ3v) is 14.4. The smallest absolute Gasteiger partial charge is 0.413 e. The molecule has 3 heterocycles. The summed E-state index contributed by atoms with van der Waals surface area (Å²) in [6.45, 7) is 3.75. The zero-order chi connectivity index (χ0) is 54.8. The lowest BCUT2D eigenvalue weighted by Gasteiger charge is -2.28. The minimum Gasteiger partial charge on any atom is -0.504 e. The number of anilines is 2. The number of aromatic hydroxyl groups is 1. The summed E-state index contributed by atoms with van der Waals surface area (Å²) < 4.78 is 43.6. The molecule has 3 atom stereocenters. The van der Waals surface area contributed by atoms with Crippen LogP contribution in [0.1, 0.15) is 69.0 Å². The molecular formula is C63H57N3O12. The van der Waals surface area contributed by atoms with E-state index in [-0.39, 0.29) is 17.6 Å². The maximum Gasteiger partial charge on any atom is 0.413 e. The molecule has 0 aromatic heterocycles. The van der Waals surface area contributed by atoms with E-state index in [0.717, 1.165) is 94.1 Å². The minimum absolute atomic E-state index is 0.0253. The third-order valence-electron chi connectivity index (χ3n) is 14.4. The summed E-state index contributed by atoms with van der Waals surface area (Å²) in [4.78, 5) is 36.9. The van der Waals surface area contributed by atoms with Crippen molar-refractivity contribution in [1.82, 2.24) is 5.32 Å². The first-order chi connectivity index (χ1) is 37.9. The van der Waals surface area contributed by atoms with Crippen molar-refractivity contribution in [3.05, 3.63) is 190 Å². The van der Waals surface area contributed by atoms with Gasteiger partial charge in [-0.2, -0.15) is 0 Å². The van der Waals surface area contributed by atoms with E-state index in [9.17, 15) is 19.5 Å². The fourth-order valence-electron chi connectivity index (χ4n) is 10.5. The molecule has 0 spiro atoms. The van der Waals surface area contributed by atoms with Crippen LogP contribution in [0.25, 0.3) is 32.3 Å². The Kier molecular flexibility index (Phi) is 14.6. The van der Waals surface area contributed by atoms with Crippen molar-refractivity contribution in [2.75, 3.05) is 53.3 Å². The number of hydrogen-bond donors (Lipinski definition) is 4. The molecule has 3 aliphatic heterocycles. The van der Waals surface area contributed by atoms with Crippen LogP contribution in [-0.4, -0.2) is 65.9 Å². The van der Waals surface area contributed by atoms with Crippen LogP contribution in [0.15, 0.2) is 146 Å². The first kappa shape index (κ1) is 51.8. The normalized spacial score (nSPS) is 15.9. The molecule has 3 amide bonds. The molecule has 0 saturated heterocycles. The predicted molar refractivity (Wildman–Crippen MR) is 300 cm³/mol. The second kappa shape index (κ2) is 21.9. The van der Waals surface area contributed by atoms with Crippen molar-refractivity contribution < 1.29 is 57.4 Å². The van der Waals surface area contributed by atoms with E-state index >= 15 is 0 Å². The maximum atomic E-state index is 12.5. The predicted octanol–water partition coefficient (Wildman–Crippen LogP) is 13.2. The van der Waals surface area contributed by atoms with E-state index in [0.29, 0.717) is 40.7 Å². The number of benzene rings is 9. The first-order valence-electron chi connectivity index (χ1n) is 25.1. The van der Waals surface area contributed by atoms with Crippen molar-refractivity contribution in [3.8, 4) is 46.0 Å². The van der Waals surface area contributed by atoms with Crippen molar-refractivity contribution in [1.29, 1.82) is 0 Å². The quantitative estimate of drug-likeness (QED) is 0.108. The lowest BCUT2D eigenvalue weighted by molar-refractivity contribution is -0.116. The van der Waals surface area contributed by atoms with Crippen LogP contribution < -0.4 is 49.1 Å². The second-order valence-corrected chi connectivity index (χ2v) is 18.8. The largest absolute Gasteiger partial charge is 0.504 e. The van der Waals surface area contributed by atoms with E-state index in [1.165, 1.54) is 7.11 Å². The number of carbonyl (C=O) groups excluding carboxylic acids is 3. The van der Waals surface area contributed by atoms with Gasteiger partial charge in [-0.1, -0.05) is 109 Å². The van der Waals surface area contributed by atoms with Crippen LogP contribution in [0.3, 0.4) is 0 Å². The number of nitrogens with one attached hydrogen (secondary N) is 3. The third kappa shape index (κ3) is 9.77. The highest BCUT2D eigenvalue weighted by molar-refractivity contribution is 6.06. The molecule has 78 heavy (non-hydrogen) atoms. The van der Waals surface area contributed by atoms with Crippen LogP contribution in [0.4, 0.5) is 21.0 Å². The number of methoxy groups -OCH3 is 6. The molecule has 0 bridgehead atoms. The average molecular weight is 1050 g/mol. The zero-order valence-corrected chi connectivity index (χ0v) is 44.2. The van der Waals surface area contributed by atoms with Crippen molar-refractivity contribution in [3.63, 3.8) is 0 Å². The Bertz CT molecular complexity index is 3770. The van der Waals surface area contributed by atoms with Crippen LogP contribution >= 0.6 is 0 Å². The number of phenolic OH excluding ortho intramolecular Hbond substituents is 1. The summed E-state index contributed by atoms with van der Waals surface area (Å²) in [5.74, 6) is 4.09. The van der Waals surface area contributed by atoms with Crippen LogP contribution in [0, 0.1) is 13.8 Å². The molecule has 9 aromatic carbocycles. The van der Waals surface area contributed by atoms with Crippen molar-refractivity contribution in [2.45, 2.75) is 38.3 Å². The summed E-state index contributed by atoms with van der Waals surface area (Å²) in [5, 5.41) is 24.9. The Morgan fingerprint density at radius 1 is 0.500 bits per heavy atom. The van der Waals surface area contributed by atoms with Gasteiger partial charge in [0.25, 0.3) is 0 Å². The second-order valence-electron chi connectivity index (χ2n) is 18.8. The van der Waals surface area contributed by atoms with Gasteiger partial charge in [-0.05, 0) is 88.7 Å². The topological polar surface area (TPSA) is 181 Å². The summed E-state index contributed by atoms with van der Waals surface area (Å²) in [7, 11) is 9.48. The highest BCUT2D eigenvalue weighted by Crippen LogP contribution is 2.47. The molecule has 15 heteroatoms. The van der Waals surface area contributed by atoms with E-state index in [2.05, 4.69) is 34.1 Å². The van der Waals surface area contributed by atoms with Gasteiger partial charge in [0.05, 0.1) is 60.1 Å². The number of rotatable bonds is 9. The fourth-order valence-corrected chi connectivity index (χ4v) is 10.5. The van der Waals surface area contributed by atoms with Gasteiger partial charge >= 0.3 is 12.2 Å². The SMILES string of the molecule is COc1cc(C2CC(=O)Nc3c2ccc2ccccc32)cc(OC)c1C.COc1cc(C2NC(=O)Oc3c2ccc2ccccc32)cc(OC)c1OC.COc1cc(C2OC(=O)Nc3c2ccc2ccccc32)cc(C)c1O. The Balaban J connectivity index is 0.000000132. The van der Waals surface area contributed by atoms with Gasteiger partial charge in [-0.3, -0.25) is 10.1 Å². The Hall–Kier alpha value is -9.63. The number of carbonyl (C=O) groups is 3. The molecule has 0 saturated carbocycles. The lowest BCUT2D eigenvalue weighted by Crippen LogP contribution is -2.36. The summed E-state index contributed by atoms with van der Waals surface area (Å²) in [6, 6.07) is 46.7. The van der Waals surface area contributed by atoms with E-state index in [4.69, 9.17) is 37.9 Å². The number of cyclic esters (lactones) is 1. The van der Waals surface area contributed by atoms with Crippen LogP contribution in [0.5, 0.6) is 46.0 Å². The highest BCUT2D eigenvalue weighted by Gasteiger charge is 2.33. The molecule has 15 nitrogen and oxygen atoms in total. The molecule has 0 aliphatic carbocycles. The summed E-state index contributed by atoms with van der Waals surface area (Å²) in [6.07, 6.45) is -1.17. The highest BCUT2D eigenvalue weighted by atomic mass is 16.6. The van der Waals surface area contributed by atoms with Crippen molar-refractivity contribution in [2.24, 2.45) is 0 Å². The van der Waals surface area contributed by atoms with Gasteiger partial charge in [-0.25, -0.2) is 9.59 Å². The van der Waals surface area contributed by atoms with Gasteiger partial charge in [0.2, 0.25) is 11.7 Å². The molecule has 3 unspecified atom stereocenters. The number of fused-ring (bicyclic) bond motifs is 9. The van der Waals surface area contributed by atoms with E-state index in [1.807, 2.05) is 122 Å². The standard InChI is InChI=1S/C22H21NO3.C21H19NO5.C20H17NO4/c1-13-19(25-2)10-15(11-20(13)26-3)18-12-21(24)23-22-16-7-5-4-6-14(16)8-9-17(18)22;1-24-16-10-13(11-17(25-2)20(16)26-3)18-15-9-8-12-6-4-5-7-14(12)19(15)27-21(23)22-18;1-11-9-13(10-16(24-2)18(11)22)19-15-8-7-12-5-3-4-6-14(12)17(15)21-20(23)25-19/h4-11,18H,12H2,1-3H3,(H,23,24);4-11,18H,1-3H3,(H,22,23);3-10,19,22H,1-2H3,(H,21,23). The monoisotopic (exact) mass is 1050 g/mol. The molecule has 3 aliphatic rings. The van der Waals surface area contributed by atoms with Crippen LogP contribution in [-0.2, 0) is 9.53 Å². The van der Waals surface area contributed by atoms with Crippen LogP contribution in [0.2, 0.25) is 0 Å². The molecule has 9 aromatic rings. The molecule has 12 rings (SSSR count). The van der Waals surface area contributed by atoms with Gasteiger partial charge in [0.1, 0.15) is 17.2 Å². The Morgan fingerprint density at radius 3 is 1.58 bits per heavy atom. The summed E-state index contributed by atoms with van der Waals surface area (Å²) >= 11 is 0. The molecular weight excluding hydrogens is 991 g/mol. The first-order valence-corrected chi connectivity index (χ1v) is 25.1. The van der Waals surface area contributed by atoms with Gasteiger partial charge in [-0.15, -0.1) is 0 Å². The number of amides is 3. The summed E-state index contributed by atoms with van der Waals surface area (Å²) in [5.41, 5.74) is 8.70. The minimum atomic E-state index is -0.568. The lowest BCUT2D eigenvalue weighted by atomic mass is 9.83. The Morgan fingerprint density at radius 2 is 1.00 bits per heavy atom. The van der Waals surface area contributed by atoms with Gasteiger partial charge in [0, 0.05) is 50.8 Å². The van der Waals surface area contributed by atoms with E-state index < -0.39 is 24.3 Å². The van der Waals surface area contributed by atoms with Gasteiger partial charge in [0.15, 0.2) is 29.1 Å². The maximum absolute atomic E-state index is 12.5. The molecule has 0 fully saturated rings.